The number of benzene rings is 1. The highest BCUT2D eigenvalue weighted by Crippen LogP contribution is 2.46. The summed E-state index contributed by atoms with van der Waals surface area (Å²) < 4.78 is 10.7. The van der Waals surface area contributed by atoms with Crippen molar-refractivity contribution in [3.05, 3.63) is 45.3 Å². The monoisotopic (exact) mass is 419 g/mol. The van der Waals surface area contributed by atoms with E-state index < -0.39 is 11.9 Å². The molecule has 0 fully saturated rings. The number of ether oxygens (including phenoxy) is 2. The van der Waals surface area contributed by atoms with Crippen LogP contribution in [0.5, 0.6) is 11.5 Å². The summed E-state index contributed by atoms with van der Waals surface area (Å²) >= 11 is 6.22. The number of carbonyl (C=O) groups is 2. The number of phenolic OH excluding ortho intramolecular Hbond substituents is 1. The molecule has 0 aromatic heterocycles. The minimum atomic E-state index is -0.625. The van der Waals surface area contributed by atoms with Crippen LogP contribution in [-0.4, -0.2) is 30.6 Å². The standard InChI is InChI=1S/C22H26ClNO5/c1-4-5-9-29-22(27)18-12(2)24-15-7-6-8-16(25)20(15)19(18)13-10-14(23)21(26)17(11-13)28-3/h10-11,19,24,26H,4-9H2,1-3H3. The zero-order chi connectivity index (χ0) is 21.1. The van der Waals surface area contributed by atoms with Gasteiger partial charge in [-0.25, -0.2) is 4.79 Å². The fraction of sp³-hybridized carbons (Fsp3) is 0.455. The molecule has 1 heterocycles. The molecule has 156 valence electrons. The zero-order valence-corrected chi connectivity index (χ0v) is 17.7. The van der Waals surface area contributed by atoms with Gasteiger partial charge in [-0.1, -0.05) is 24.9 Å². The van der Waals surface area contributed by atoms with Crippen LogP contribution in [0, 0.1) is 0 Å². The second-order valence-corrected chi connectivity index (χ2v) is 7.72. The third-order valence-corrected chi connectivity index (χ3v) is 5.62. The summed E-state index contributed by atoms with van der Waals surface area (Å²) in [6.07, 6.45) is 3.60. The Morgan fingerprint density at radius 1 is 1.34 bits per heavy atom. The number of ketones is 1. The predicted molar refractivity (Wildman–Crippen MR) is 110 cm³/mol. The summed E-state index contributed by atoms with van der Waals surface area (Å²) in [5, 5.41) is 13.5. The molecule has 1 unspecified atom stereocenters. The predicted octanol–water partition coefficient (Wildman–Crippen LogP) is 4.37. The van der Waals surface area contributed by atoms with E-state index >= 15 is 0 Å². The summed E-state index contributed by atoms with van der Waals surface area (Å²) in [7, 11) is 1.43. The van der Waals surface area contributed by atoms with Gasteiger partial charge in [-0.2, -0.15) is 0 Å². The Labute approximate surface area is 175 Å². The van der Waals surface area contributed by atoms with Gasteiger partial charge in [0.1, 0.15) is 0 Å². The Morgan fingerprint density at radius 2 is 2.10 bits per heavy atom. The minimum absolute atomic E-state index is 0.00160. The first kappa shape index (κ1) is 21.2. The van der Waals surface area contributed by atoms with Gasteiger partial charge in [-0.05, 0) is 43.9 Å². The smallest absolute Gasteiger partial charge is 0.336 e. The summed E-state index contributed by atoms with van der Waals surface area (Å²) in [5.41, 5.74) is 3.05. The van der Waals surface area contributed by atoms with E-state index in [1.54, 1.807) is 12.1 Å². The lowest BCUT2D eigenvalue weighted by Gasteiger charge is -2.34. The number of Topliss-reactive ketones (excluding diaryl/α,β-unsaturated/α-hetero) is 1. The number of rotatable bonds is 6. The van der Waals surface area contributed by atoms with Gasteiger partial charge in [0.05, 0.1) is 24.3 Å². The average molecular weight is 420 g/mol. The van der Waals surface area contributed by atoms with Gasteiger partial charge in [-0.3, -0.25) is 4.79 Å². The van der Waals surface area contributed by atoms with Crippen LogP contribution in [0.2, 0.25) is 5.02 Å². The number of nitrogens with one attached hydrogen (secondary N) is 1. The molecule has 1 aromatic carbocycles. The molecule has 0 bridgehead atoms. The molecular formula is C22H26ClNO5. The van der Waals surface area contributed by atoms with Crippen LogP contribution in [0.4, 0.5) is 0 Å². The number of hydrogen-bond acceptors (Lipinski definition) is 6. The quantitative estimate of drug-likeness (QED) is 0.526. The topological polar surface area (TPSA) is 84.9 Å². The maximum Gasteiger partial charge on any atom is 0.336 e. The maximum atomic E-state index is 13.0. The van der Waals surface area contributed by atoms with Gasteiger partial charge in [0, 0.05) is 29.3 Å². The first-order valence-corrected chi connectivity index (χ1v) is 10.2. The third kappa shape index (κ3) is 4.13. The summed E-state index contributed by atoms with van der Waals surface area (Å²) in [6, 6.07) is 3.20. The molecule has 1 aliphatic heterocycles. The van der Waals surface area contributed by atoms with Crippen molar-refractivity contribution in [1.82, 2.24) is 5.32 Å². The first-order valence-electron chi connectivity index (χ1n) is 9.86. The van der Waals surface area contributed by atoms with Gasteiger partial charge in [-0.15, -0.1) is 0 Å². The second-order valence-electron chi connectivity index (χ2n) is 7.31. The largest absolute Gasteiger partial charge is 0.503 e. The van der Waals surface area contributed by atoms with Crippen LogP contribution >= 0.6 is 11.6 Å². The van der Waals surface area contributed by atoms with Gasteiger partial charge in [0.2, 0.25) is 0 Å². The van der Waals surface area contributed by atoms with E-state index in [-0.39, 0.29) is 22.3 Å². The van der Waals surface area contributed by atoms with E-state index in [9.17, 15) is 14.7 Å². The Kier molecular flexibility index (Phi) is 6.52. The first-order chi connectivity index (χ1) is 13.9. The van der Waals surface area contributed by atoms with Gasteiger partial charge >= 0.3 is 5.97 Å². The van der Waals surface area contributed by atoms with E-state index in [0.717, 1.165) is 31.4 Å². The second kappa shape index (κ2) is 8.91. The molecule has 0 radical (unpaired) electrons. The highest BCUT2D eigenvalue weighted by atomic mass is 35.5. The average Bonchev–Trinajstić information content (AvgIpc) is 2.69. The van der Waals surface area contributed by atoms with E-state index in [2.05, 4.69) is 5.32 Å². The highest BCUT2D eigenvalue weighted by molar-refractivity contribution is 6.32. The summed E-state index contributed by atoms with van der Waals surface area (Å²) in [4.78, 5) is 25.9. The number of carbonyl (C=O) groups excluding carboxylic acids is 2. The van der Waals surface area contributed by atoms with Gasteiger partial charge < -0.3 is 19.9 Å². The number of esters is 1. The lowest BCUT2D eigenvalue weighted by Crippen LogP contribution is -2.34. The minimum Gasteiger partial charge on any atom is -0.503 e. The number of halogens is 1. The molecule has 2 N–H and O–H groups in total. The van der Waals surface area contributed by atoms with Crippen molar-refractivity contribution in [2.24, 2.45) is 0 Å². The number of hydrogen-bond donors (Lipinski definition) is 2. The molecule has 1 aromatic rings. The molecule has 0 saturated heterocycles. The molecule has 0 spiro atoms. The van der Waals surface area contributed by atoms with Crippen LogP contribution in [-0.2, 0) is 14.3 Å². The lowest BCUT2D eigenvalue weighted by molar-refractivity contribution is -0.139. The molecule has 1 aliphatic carbocycles. The molecule has 0 saturated carbocycles. The van der Waals surface area contributed by atoms with Gasteiger partial charge in [0.25, 0.3) is 0 Å². The van der Waals surface area contributed by atoms with Crippen molar-refractivity contribution in [3.8, 4) is 11.5 Å². The summed E-state index contributed by atoms with van der Waals surface area (Å²) in [6.45, 7) is 4.15. The molecule has 1 atom stereocenters. The molecule has 0 amide bonds. The van der Waals surface area contributed by atoms with Crippen molar-refractivity contribution in [3.63, 3.8) is 0 Å². The van der Waals surface area contributed by atoms with E-state index in [1.165, 1.54) is 7.11 Å². The van der Waals surface area contributed by atoms with Crippen molar-refractivity contribution in [1.29, 1.82) is 0 Å². The fourth-order valence-corrected chi connectivity index (χ4v) is 4.11. The number of methoxy groups -OCH3 is 1. The molecule has 6 nitrogen and oxygen atoms in total. The zero-order valence-electron chi connectivity index (χ0n) is 16.9. The number of allylic oxidation sites excluding steroid dienone is 3. The molecule has 2 aliphatic rings. The fourth-order valence-electron chi connectivity index (χ4n) is 3.89. The van der Waals surface area contributed by atoms with E-state index in [1.807, 2.05) is 13.8 Å². The Bertz CT molecular complexity index is 903. The molecule has 7 heteroatoms. The SMILES string of the molecule is CCCCOC(=O)C1=C(C)NC2=C(C(=O)CCC2)C1c1cc(Cl)c(O)c(OC)c1. The van der Waals surface area contributed by atoms with Crippen molar-refractivity contribution in [2.45, 2.75) is 51.9 Å². The maximum absolute atomic E-state index is 13.0. The van der Waals surface area contributed by atoms with Crippen LogP contribution in [0.15, 0.2) is 34.7 Å². The molecule has 3 rings (SSSR count). The van der Waals surface area contributed by atoms with Crippen molar-refractivity contribution >= 4 is 23.4 Å². The van der Waals surface area contributed by atoms with E-state index in [4.69, 9.17) is 21.1 Å². The molecular weight excluding hydrogens is 394 g/mol. The number of phenols is 1. The van der Waals surface area contributed by atoms with E-state index in [0.29, 0.717) is 35.4 Å². The lowest BCUT2D eigenvalue weighted by atomic mass is 9.75. The van der Waals surface area contributed by atoms with Gasteiger partial charge in [0.15, 0.2) is 17.3 Å². The normalized spacial score (nSPS) is 19.0. The van der Waals surface area contributed by atoms with Crippen LogP contribution in [0.3, 0.4) is 0 Å². The third-order valence-electron chi connectivity index (χ3n) is 5.33. The number of dihydropyridines is 1. The Hall–Kier alpha value is -2.47. The summed E-state index contributed by atoms with van der Waals surface area (Å²) in [5.74, 6) is -1.07. The van der Waals surface area contributed by atoms with Crippen LogP contribution < -0.4 is 10.1 Å². The molecule has 29 heavy (non-hydrogen) atoms. The highest BCUT2D eigenvalue weighted by Gasteiger charge is 2.39. The van der Waals surface area contributed by atoms with Crippen LogP contribution in [0.25, 0.3) is 0 Å². The Balaban J connectivity index is 2.13. The van der Waals surface area contributed by atoms with Crippen molar-refractivity contribution < 1.29 is 24.2 Å². The Morgan fingerprint density at radius 3 is 2.79 bits per heavy atom. The van der Waals surface area contributed by atoms with Crippen molar-refractivity contribution in [2.75, 3.05) is 13.7 Å². The number of aromatic hydroxyl groups is 1. The number of unbranched alkanes of at least 4 members (excludes halogenated alkanes) is 1. The van der Waals surface area contributed by atoms with Crippen LogP contribution in [0.1, 0.15) is 57.4 Å².